The number of piperidine rings is 1. The molecule has 1 aromatic heterocycles. The molecule has 3 rings (SSSR count). The zero-order valence-electron chi connectivity index (χ0n) is 14.7. The third-order valence-electron chi connectivity index (χ3n) is 4.41. The van der Waals surface area contributed by atoms with Crippen LogP contribution in [0.25, 0.3) is 0 Å². The van der Waals surface area contributed by atoms with Gasteiger partial charge in [-0.15, -0.1) is 0 Å². The highest BCUT2D eigenvalue weighted by molar-refractivity contribution is 5.79. The Balaban J connectivity index is 1.63. The number of ether oxygens (including phenoxy) is 1. The van der Waals surface area contributed by atoms with Crippen LogP contribution in [0.5, 0.6) is 5.75 Å². The van der Waals surface area contributed by atoms with Crippen molar-refractivity contribution in [2.24, 2.45) is 0 Å². The Morgan fingerprint density at radius 3 is 2.68 bits per heavy atom. The lowest BCUT2D eigenvalue weighted by Crippen LogP contribution is -2.33. The summed E-state index contributed by atoms with van der Waals surface area (Å²) in [5.41, 5.74) is 7.56. The summed E-state index contributed by atoms with van der Waals surface area (Å²) in [6.07, 6.45) is 5.45. The molecule has 4 N–H and O–H groups in total. The van der Waals surface area contributed by atoms with Gasteiger partial charge in [-0.3, -0.25) is 0 Å². The van der Waals surface area contributed by atoms with E-state index in [1.165, 1.54) is 38.7 Å². The minimum atomic E-state index is 0.507. The molecule has 0 unspecified atom stereocenters. The second kappa shape index (κ2) is 8.53. The van der Waals surface area contributed by atoms with Gasteiger partial charge in [-0.1, -0.05) is 18.6 Å². The Labute approximate surface area is 148 Å². The van der Waals surface area contributed by atoms with Gasteiger partial charge in [-0.05, 0) is 38.1 Å². The predicted octanol–water partition coefficient (Wildman–Crippen LogP) is 2.71. The maximum absolute atomic E-state index is 6.24. The summed E-state index contributed by atoms with van der Waals surface area (Å²) in [5.74, 6) is 1.96. The van der Waals surface area contributed by atoms with E-state index in [0.29, 0.717) is 17.3 Å². The standard InChI is InChI=1S/C18H26N6O/c1-25-15-8-4-3-7-14(15)23-18-16(19)17(21-13-22-18)20-9-12-24-10-5-2-6-11-24/h3-4,7-8,13H,2,5-6,9-12,19H2,1H3,(H2,20,21,22,23). The first-order chi connectivity index (χ1) is 12.3. The molecular weight excluding hydrogens is 316 g/mol. The molecule has 0 atom stereocenters. The van der Waals surface area contributed by atoms with E-state index in [-0.39, 0.29) is 0 Å². The maximum atomic E-state index is 6.24. The van der Waals surface area contributed by atoms with Gasteiger partial charge in [0.1, 0.15) is 17.8 Å². The Morgan fingerprint density at radius 2 is 1.88 bits per heavy atom. The van der Waals surface area contributed by atoms with Gasteiger partial charge in [0, 0.05) is 13.1 Å². The highest BCUT2D eigenvalue weighted by Gasteiger charge is 2.12. The van der Waals surface area contributed by atoms with Crippen molar-refractivity contribution < 1.29 is 4.74 Å². The van der Waals surface area contributed by atoms with Gasteiger partial charge in [0.25, 0.3) is 0 Å². The maximum Gasteiger partial charge on any atom is 0.159 e. The van der Waals surface area contributed by atoms with Gasteiger partial charge >= 0.3 is 0 Å². The van der Waals surface area contributed by atoms with Crippen molar-refractivity contribution in [3.8, 4) is 5.75 Å². The number of anilines is 4. The summed E-state index contributed by atoms with van der Waals surface area (Å²) in [7, 11) is 1.64. The summed E-state index contributed by atoms with van der Waals surface area (Å²) in [6.45, 7) is 4.18. The van der Waals surface area contributed by atoms with Gasteiger partial charge in [0.15, 0.2) is 11.6 Å². The minimum absolute atomic E-state index is 0.507. The summed E-state index contributed by atoms with van der Waals surface area (Å²) in [6, 6.07) is 7.66. The van der Waals surface area contributed by atoms with Crippen LogP contribution in [-0.4, -0.2) is 48.2 Å². The Hall–Kier alpha value is -2.54. The Bertz CT molecular complexity index is 687. The van der Waals surface area contributed by atoms with Gasteiger partial charge in [0.2, 0.25) is 0 Å². The summed E-state index contributed by atoms with van der Waals surface area (Å²) < 4.78 is 5.35. The first-order valence-electron chi connectivity index (χ1n) is 8.74. The normalized spacial score (nSPS) is 14.9. The van der Waals surface area contributed by atoms with Crippen molar-refractivity contribution >= 4 is 23.0 Å². The molecule has 0 aliphatic carbocycles. The number of nitrogens with two attached hydrogens (primary N) is 1. The SMILES string of the molecule is COc1ccccc1Nc1ncnc(NCCN2CCCCC2)c1N. The molecular formula is C18H26N6O. The van der Waals surface area contributed by atoms with E-state index in [9.17, 15) is 0 Å². The van der Waals surface area contributed by atoms with Gasteiger partial charge in [-0.25, -0.2) is 9.97 Å². The van der Waals surface area contributed by atoms with E-state index in [2.05, 4.69) is 25.5 Å². The molecule has 1 aliphatic heterocycles. The molecule has 25 heavy (non-hydrogen) atoms. The third kappa shape index (κ3) is 4.51. The second-order valence-electron chi connectivity index (χ2n) is 6.14. The molecule has 0 radical (unpaired) electrons. The van der Waals surface area contributed by atoms with Crippen LogP contribution in [0.2, 0.25) is 0 Å². The van der Waals surface area contributed by atoms with Gasteiger partial charge in [0.05, 0.1) is 12.8 Å². The number of rotatable bonds is 7. The van der Waals surface area contributed by atoms with Crippen molar-refractivity contribution in [1.82, 2.24) is 14.9 Å². The van der Waals surface area contributed by atoms with E-state index in [1.807, 2.05) is 24.3 Å². The van der Waals surface area contributed by atoms with Crippen LogP contribution in [0.3, 0.4) is 0 Å². The van der Waals surface area contributed by atoms with Crippen molar-refractivity contribution in [3.05, 3.63) is 30.6 Å². The molecule has 134 valence electrons. The molecule has 7 heteroatoms. The zero-order chi connectivity index (χ0) is 17.5. The fourth-order valence-corrected chi connectivity index (χ4v) is 3.03. The minimum Gasteiger partial charge on any atom is -0.495 e. The number of likely N-dealkylation sites (tertiary alicyclic amines) is 1. The third-order valence-corrected chi connectivity index (χ3v) is 4.41. The number of nitrogen functional groups attached to an aromatic ring is 1. The highest BCUT2D eigenvalue weighted by Crippen LogP contribution is 2.30. The lowest BCUT2D eigenvalue weighted by atomic mass is 10.1. The predicted molar refractivity (Wildman–Crippen MR) is 102 cm³/mol. The lowest BCUT2D eigenvalue weighted by molar-refractivity contribution is 0.237. The van der Waals surface area contributed by atoms with Crippen LogP contribution in [0.15, 0.2) is 30.6 Å². The number of hydrogen-bond acceptors (Lipinski definition) is 7. The van der Waals surface area contributed by atoms with Crippen LogP contribution in [0.1, 0.15) is 19.3 Å². The number of methoxy groups -OCH3 is 1. The molecule has 0 saturated carbocycles. The smallest absolute Gasteiger partial charge is 0.159 e. The molecule has 0 amide bonds. The number of nitrogens with zero attached hydrogens (tertiary/aromatic N) is 3. The molecule has 1 fully saturated rings. The van der Waals surface area contributed by atoms with Crippen LogP contribution < -0.4 is 21.1 Å². The number of hydrogen-bond donors (Lipinski definition) is 3. The summed E-state index contributed by atoms with van der Waals surface area (Å²) in [4.78, 5) is 11.0. The molecule has 0 spiro atoms. The average Bonchev–Trinajstić information content (AvgIpc) is 2.66. The number of para-hydroxylation sites is 2. The summed E-state index contributed by atoms with van der Waals surface area (Å²) >= 11 is 0. The van der Waals surface area contributed by atoms with E-state index < -0.39 is 0 Å². The molecule has 1 aliphatic rings. The average molecular weight is 342 g/mol. The first kappa shape index (κ1) is 17.3. The number of nitrogens with one attached hydrogen (secondary N) is 2. The first-order valence-corrected chi connectivity index (χ1v) is 8.74. The molecule has 7 nitrogen and oxygen atoms in total. The van der Waals surface area contributed by atoms with Crippen molar-refractivity contribution in [1.29, 1.82) is 0 Å². The Morgan fingerprint density at radius 1 is 1.12 bits per heavy atom. The summed E-state index contributed by atoms with van der Waals surface area (Å²) in [5, 5.41) is 6.55. The second-order valence-corrected chi connectivity index (χ2v) is 6.14. The fraction of sp³-hybridized carbons (Fsp3) is 0.444. The van der Waals surface area contributed by atoms with Crippen LogP contribution >= 0.6 is 0 Å². The molecule has 1 aromatic carbocycles. The van der Waals surface area contributed by atoms with E-state index in [0.717, 1.165) is 24.5 Å². The van der Waals surface area contributed by atoms with Crippen LogP contribution in [0.4, 0.5) is 23.0 Å². The van der Waals surface area contributed by atoms with E-state index >= 15 is 0 Å². The van der Waals surface area contributed by atoms with Gasteiger partial charge < -0.3 is 26.0 Å². The molecule has 2 heterocycles. The fourth-order valence-electron chi connectivity index (χ4n) is 3.03. The van der Waals surface area contributed by atoms with E-state index in [4.69, 9.17) is 10.5 Å². The molecule has 2 aromatic rings. The number of aromatic nitrogens is 2. The Kier molecular flexibility index (Phi) is 5.90. The molecule has 1 saturated heterocycles. The monoisotopic (exact) mass is 342 g/mol. The van der Waals surface area contributed by atoms with Crippen molar-refractivity contribution in [3.63, 3.8) is 0 Å². The number of benzene rings is 1. The highest BCUT2D eigenvalue weighted by atomic mass is 16.5. The van der Waals surface area contributed by atoms with E-state index in [1.54, 1.807) is 7.11 Å². The van der Waals surface area contributed by atoms with Crippen molar-refractivity contribution in [2.75, 3.05) is 49.7 Å². The zero-order valence-corrected chi connectivity index (χ0v) is 14.7. The van der Waals surface area contributed by atoms with Crippen LogP contribution in [0, 0.1) is 0 Å². The van der Waals surface area contributed by atoms with Crippen LogP contribution in [-0.2, 0) is 0 Å². The topological polar surface area (TPSA) is 88.3 Å². The lowest BCUT2D eigenvalue weighted by Gasteiger charge is -2.26. The molecule has 0 bridgehead atoms. The van der Waals surface area contributed by atoms with Gasteiger partial charge in [-0.2, -0.15) is 0 Å². The largest absolute Gasteiger partial charge is 0.495 e. The van der Waals surface area contributed by atoms with Crippen molar-refractivity contribution in [2.45, 2.75) is 19.3 Å². The quantitative estimate of drug-likeness (QED) is 0.713.